The van der Waals surface area contributed by atoms with Crippen LogP contribution in [-0.4, -0.2) is 52.6 Å². The lowest BCUT2D eigenvalue weighted by Gasteiger charge is -2.34. The minimum atomic E-state index is -1.40. The van der Waals surface area contributed by atoms with E-state index in [1.54, 1.807) is 0 Å². The zero-order valence-electron chi connectivity index (χ0n) is 6.57. The van der Waals surface area contributed by atoms with E-state index in [4.69, 9.17) is 14.9 Å². The Morgan fingerprint density at radius 1 is 1.08 bits per heavy atom. The second-order valence-electron chi connectivity index (χ2n) is 2.93. The van der Waals surface area contributed by atoms with Gasteiger partial charge in [-0.3, -0.25) is 0 Å². The molecule has 0 aromatic heterocycles. The molecule has 76 valence electrons. The Kier molecular flexibility index (Phi) is 2.47. The number of aliphatic hydroxyl groups excluding tert-OH is 3. The SMILES string of the molecule is OCC1OC(O)[C@@H](O)[C@H]2OOO[C@H]12. The van der Waals surface area contributed by atoms with Crippen LogP contribution in [0.2, 0.25) is 0 Å². The molecule has 2 rings (SSSR count). The summed E-state index contributed by atoms with van der Waals surface area (Å²) in [5, 5.41) is 31.5. The molecule has 2 saturated heterocycles. The molecule has 0 saturated carbocycles. The lowest BCUT2D eigenvalue weighted by molar-refractivity contribution is -0.468. The first-order valence-electron chi connectivity index (χ1n) is 3.85. The first kappa shape index (κ1) is 9.28. The van der Waals surface area contributed by atoms with Gasteiger partial charge in [0.2, 0.25) is 0 Å². The number of hydrogen-bond donors (Lipinski definition) is 3. The van der Waals surface area contributed by atoms with Gasteiger partial charge in [-0.05, 0) is 0 Å². The summed E-state index contributed by atoms with van der Waals surface area (Å²) in [7, 11) is 0. The molecule has 2 heterocycles. The van der Waals surface area contributed by atoms with Gasteiger partial charge in [0.1, 0.15) is 12.2 Å². The molecule has 2 aliphatic heterocycles. The summed E-state index contributed by atoms with van der Waals surface area (Å²) in [6.07, 6.45) is -4.95. The van der Waals surface area contributed by atoms with Gasteiger partial charge in [0.05, 0.1) is 6.61 Å². The smallest absolute Gasteiger partial charge is 0.184 e. The van der Waals surface area contributed by atoms with Crippen LogP contribution in [0.3, 0.4) is 0 Å². The average Bonchev–Trinajstić information content (AvgIpc) is 2.60. The normalized spacial score (nSPS) is 50.5. The van der Waals surface area contributed by atoms with Crippen LogP contribution < -0.4 is 0 Å². The molecule has 0 aromatic carbocycles. The molecular weight excluding hydrogens is 184 g/mol. The van der Waals surface area contributed by atoms with E-state index in [9.17, 15) is 5.11 Å². The lowest BCUT2D eigenvalue weighted by Crippen LogP contribution is -2.57. The minimum Gasteiger partial charge on any atom is -0.394 e. The Balaban J connectivity index is 2.11. The van der Waals surface area contributed by atoms with Gasteiger partial charge in [-0.1, -0.05) is 5.04 Å². The highest BCUT2D eigenvalue weighted by Gasteiger charge is 2.51. The van der Waals surface area contributed by atoms with Crippen LogP contribution in [0.25, 0.3) is 0 Å². The van der Waals surface area contributed by atoms with Gasteiger partial charge in [0.15, 0.2) is 18.5 Å². The van der Waals surface area contributed by atoms with Crippen molar-refractivity contribution in [1.29, 1.82) is 0 Å². The van der Waals surface area contributed by atoms with Gasteiger partial charge < -0.3 is 20.1 Å². The predicted molar refractivity (Wildman–Crippen MR) is 34.8 cm³/mol. The maximum atomic E-state index is 9.32. The highest BCUT2D eigenvalue weighted by molar-refractivity contribution is 4.90. The molecule has 2 fully saturated rings. The van der Waals surface area contributed by atoms with Crippen LogP contribution in [0, 0.1) is 0 Å². The third-order valence-electron chi connectivity index (χ3n) is 2.11. The molecule has 5 atom stereocenters. The van der Waals surface area contributed by atoms with Crippen molar-refractivity contribution in [3.63, 3.8) is 0 Å². The second kappa shape index (κ2) is 3.46. The molecule has 0 aromatic rings. The maximum Gasteiger partial charge on any atom is 0.184 e. The third-order valence-corrected chi connectivity index (χ3v) is 2.11. The second-order valence-corrected chi connectivity index (χ2v) is 2.93. The van der Waals surface area contributed by atoms with Gasteiger partial charge in [0, 0.05) is 0 Å². The third kappa shape index (κ3) is 1.44. The summed E-state index contributed by atoms with van der Waals surface area (Å²) in [4.78, 5) is 9.15. The quantitative estimate of drug-likeness (QED) is 0.403. The van der Waals surface area contributed by atoms with Crippen molar-refractivity contribution in [2.75, 3.05) is 6.61 Å². The molecule has 0 bridgehead atoms. The van der Waals surface area contributed by atoms with E-state index in [-0.39, 0.29) is 6.61 Å². The van der Waals surface area contributed by atoms with Gasteiger partial charge in [-0.2, -0.15) is 9.78 Å². The monoisotopic (exact) mass is 194 g/mol. The van der Waals surface area contributed by atoms with Crippen molar-refractivity contribution in [1.82, 2.24) is 0 Å². The zero-order chi connectivity index (χ0) is 9.42. The number of ether oxygens (including phenoxy) is 1. The largest absolute Gasteiger partial charge is 0.394 e. The van der Waals surface area contributed by atoms with Crippen molar-refractivity contribution in [2.24, 2.45) is 0 Å². The predicted octanol–water partition coefficient (Wildman–Crippen LogP) is -2.31. The van der Waals surface area contributed by atoms with E-state index in [1.165, 1.54) is 0 Å². The van der Waals surface area contributed by atoms with Crippen molar-refractivity contribution in [3.8, 4) is 0 Å². The Labute approximate surface area is 73.2 Å². The van der Waals surface area contributed by atoms with Gasteiger partial charge in [0.25, 0.3) is 0 Å². The van der Waals surface area contributed by atoms with Crippen molar-refractivity contribution < 1.29 is 34.9 Å². The van der Waals surface area contributed by atoms with Crippen LogP contribution in [0.4, 0.5) is 0 Å². The zero-order valence-corrected chi connectivity index (χ0v) is 6.57. The van der Waals surface area contributed by atoms with E-state index in [1.807, 2.05) is 0 Å². The van der Waals surface area contributed by atoms with E-state index in [0.717, 1.165) is 0 Å². The van der Waals surface area contributed by atoms with E-state index < -0.39 is 30.7 Å². The van der Waals surface area contributed by atoms with Crippen LogP contribution >= 0.6 is 0 Å². The molecule has 3 N–H and O–H groups in total. The van der Waals surface area contributed by atoms with E-state index in [0.29, 0.717) is 0 Å². The van der Waals surface area contributed by atoms with Gasteiger partial charge in [-0.15, -0.1) is 0 Å². The van der Waals surface area contributed by atoms with Crippen LogP contribution in [0.1, 0.15) is 0 Å². The molecule has 0 amide bonds. The van der Waals surface area contributed by atoms with E-state index >= 15 is 0 Å². The summed E-state index contributed by atoms with van der Waals surface area (Å²) in [5.41, 5.74) is 0. The lowest BCUT2D eigenvalue weighted by atomic mass is 10.00. The minimum absolute atomic E-state index is 0.350. The molecule has 0 aliphatic carbocycles. The average molecular weight is 194 g/mol. The van der Waals surface area contributed by atoms with Crippen LogP contribution in [0.5, 0.6) is 0 Å². The number of fused-ring (bicyclic) bond motifs is 1. The maximum absolute atomic E-state index is 9.32. The summed E-state index contributed by atoms with van der Waals surface area (Å²) < 4.78 is 4.83. The standard InChI is InChI=1S/C6H10O7/c7-1-2-4-5(12-13-11-4)3(8)6(9)10-2/h2-9H,1H2/t2?,3-,4+,5+,6?/m0/s1. The first-order chi connectivity index (χ1) is 6.24. The summed E-state index contributed by atoms with van der Waals surface area (Å²) in [6.45, 7) is -0.350. The number of rotatable bonds is 1. The molecule has 0 spiro atoms. The van der Waals surface area contributed by atoms with Crippen LogP contribution in [0.15, 0.2) is 0 Å². The van der Waals surface area contributed by atoms with Gasteiger partial charge in [-0.25, -0.2) is 0 Å². The molecule has 0 radical (unpaired) electrons. The van der Waals surface area contributed by atoms with Crippen molar-refractivity contribution in [2.45, 2.75) is 30.7 Å². The Hall–Kier alpha value is -0.280. The van der Waals surface area contributed by atoms with Crippen molar-refractivity contribution in [3.05, 3.63) is 0 Å². The topological polar surface area (TPSA) is 97.6 Å². The molecule has 13 heavy (non-hydrogen) atoms. The summed E-state index contributed by atoms with van der Waals surface area (Å²) in [5.74, 6) is 0. The highest BCUT2D eigenvalue weighted by Crippen LogP contribution is 2.29. The fourth-order valence-electron chi connectivity index (χ4n) is 1.39. The molecule has 7 heteroatoms. The molecule has 7 nitrogen and oxygen atoms in total. The highest BCUT2D eigenvalue weighted by atomic mass is 17.5. The molecular formula is C6H10O7. The Bertz CT molecular complexity index is 182. The fourth-order valence-corrected chi connectivity index (χ4v) is 1.39. The van der Waals surface area contributed by atoms with Crippen molar-refractivity contribution >= 4 is 0 Å². The summed E-state index contributed by atoms with van der Waals surface area (Å²) in [6, 6.07) is 0. The molecule has 2 unspecified atom stereocenters. The Morgan fingerprint density at radius 2 is 1.77 bits per heavy atom. The molecule has 2 aliphatic rings. The fraction of sp³-hybridized carbons (Fsp3) is 1.00. The van der Waals surface area contributed by atoms with E-state index in [2.05, 4.69) is 14.8 Å². The van der Waals surface area contributed by atoms with Gasteiger partial charge >= 0.3 is 0 Å². The first-order valence-corrected chi connectivity index (χ1v) is 3.85. The summed E-state index contributed by atoms with van der Waals surface area (Å²) >= 11 is 0. The Morgan fingerprint density at radius 3 is 2.46 bits per heavy atom. The number of aliphatic hydroxyl groups is 3. The number of hydrogen-bond acceptors (Lipinski definition) is 7. The van der Waals surface area contributed by atoms with Crippen LogP contribution in [-0.2, 0) is 19.6 Å².